The third-order valence-electron chi connectivity index (χ3n) is 7.47. The number of carbonyl (C=O) groups is 1. The van der Waals surface area contributed by atoms with Gasteiger partial charge in [0.25, 0.3) is 11.5 Å². The van der Waals surface area contributed by atoms with Crippen molar-refractivity contribution in [3.05, 3.63) is 104 Å². The van der Waals surface area contributed by atoms with Crippen LogP contribution in [-0.2, 0) is 18.1 Å². The second-order valence-electron chi connectivity index (χ2n) is 9.94. The molecule has 5 rings (SSSR count). The van der Waals surface area contributed by atoms with Crippen LogP contribution in [0, 0.1) is 18.7 Å². The average molecular weight is 546 g/mol. The van der Waals surface area contributed by atoms with Gasteiger partial charge in [-0.3, -0.25) is 14.2 Å². The second-order valence-corrected chi connectivity index (χ2v) is 9.94. The van der Waals surface area contributed by atoms with E-state index in [1.165, 1.54) is 29.0 Å². The number of hydrogen-bond acceptors (Lipinski definition) is 4. The molecule has 2 aromatic carbocycles. The van der Waals surface area contributed by atoms with Gasteiger partial charge in [0.2, 0.25) is 0 Å². The van der Waals surface area contributed by atoms with Gasteiger partial charge >= 0.3 is 11.9 Å². The number of rotatable bonds is 6. The van der Waals surface area contributed by atoms with E-state index in [0.717, 1.165) is 12.5 Å². The molecule has 208 valence electrons. The van der Waals surface area contributed by atoms with Gasteiger partial charge in [-0.15, -0.1) is 0 Å². The normalized spacial score (nSPS) is 20.2. The molecule has 0 bridgehead atoms. The highest BCUT2D eigenvalue weighted by Gasteiger charge is 2.61. The molecular formula is C29H31F4N3O3. The molecule has 3 aromatic rings. The van der Waals surface area contributed by atoms with Crippen LogP contribution in [0.4, 0.5) is 17.6 Å². The SMILES string of the molecule is CC.Cc1cn(CCCN2CC3C[C@]3(c3ccc(C(F)(F)F)cc3F)C2)c(=O)n(C(=O)c2ccccc2)c1=O. The van der Waals surface area contributed by atoms with Crippen LogP contribution in [0.15, 0.2) is 64.3 Å². The minimum atomic E-state index is -4.59. The zero-order chi connectivity index (χ0) is 28.5. The summed E-state index contributed by atoms with van der Waals surface area (Å²) in [5.41, 5.74) is -2.01. The topological polar surface area (TPSA) is 64.3 Å². The first-order valence-corrected chi connectivity index (χ1v) is 13.0. The van der Waals surface area contributed by atoms with Crippen LogP contribution in [0.25, 0.3) is 0 Å². The van der Waals surface area contributed by atoms with Crippen molar-refractivity contribution in [3.63, 3.8) is 0 Å². The Morgan fingerprint density at radius 3 is 2.38 bits per heavy atom. The van der Waals surface area contributed by atoms with Crippen LogP contribution in [-0.4, -0.2) is 39.6 Å². The molecule has 1 saturated carbocycles. The van der Waals surface area contributed by atoms with Gasteiger partial charge in [-0.25, -0.2) is 9.18 Å². The number of piperidine rings is 1. The molecule has 2 aliphatic rings. The third-order valence-corrected chi connectivity index (χ3v) is 7.47. The number of aryl methyl sites for hydroxylation is 2. The van der Waals surface area contributed by atoms with Gasteiger partial charge in [-0.1, -0.05) is 38.1 Å². The van der Waals surface area contributed by atoms with Gasteiger partial charge in [-0.05, 0) is 62.1 Å². The molecular weight excluding hydrogens is 514 g/mol. The summed E-state index contributed by atoms with van der Waals surface area (Å²) in [5, 5.41) is 0. The maximum absolute atomic E-state index is 14.6. The highest BCUT2D eigenvalue weighted by Crippen LogP contribution is 2.59. The molecule has 0 N–H and O–H groups in total. The van der Waals surface area contributed by atoms with Gasteiger partial charge in [0.1, 0.15) is 5.82 Å². The zero-order valence-corrected chi connectivity index (χ0v) is 22.1. The number of carbonyl (C=O) groups excluding carboxylic acids is 1. The number of nitrogens with zero attached hydrogens (tertiary/aromatic N) is 3. The molecule has 6 nitrogen and oxygen atoms in total. The maximum atomic E-state index is 14.6. The van der Waals surface area contributed by atoms with E-state index in [1.807, 2.05) is 13.8 Å². The van der Waals surface area contributed by atoms with Crippen molar-refractivity contribution in [1.29, 1.82) is 0 Å². The van der Waals surface area contributed by atoms with E-state index in [4.69, 9.17) is 0 Å². The number of alkyl halides is 3. The van der Waals surface area contributed by atoms with Crippen molar-refractivity contribution in [2.45, 2.75) is 51.7 Å². The smallest absolute Gasteiger partial charge is 0.302 e. The summed E-state index contributed by atoms with van der Waals surface area (Å²) in [6, 6.07) is 10.9. The minimum Gasteiger partial charge on any atom is -0.302 e. The van der Waals surface area contributed by atoms with Crippen molar-refractivity contribution in [2.24, 2.45) is 5.92 Å². The Balaban J connectivity index is 0.00000172. The van der Waals surface area contributed by atoms with E-state index in [1.54, 1.807) is 25.1 Å². The summed E-state index contributed by atoms with van der Waals surface area (Å²) < 4.78 is 55.4. The molecule has 39 heavy (non-hydrogen) atoms. The molecule has 2 fully saturated rings. The van der Waals surface area contributed by atoms with E-state index in [2.05, 4.69) is 4.90 Å². The Hall–Kier alpha value is -3.53. The lowest BCUT2D eigenvalue weighted by Gasteiger charge is -2.22. The zero-order valence-electron chi connectivity index (χ0n) is 22.1. The molecule has 0 radical (unpaired) electrons. The Morgan fingerprint density at radius 2 is 1.74 bits per heavy atom. The highest BCUT2D eigenvalue weighted by molar-refractivity contribution is 5.95. The number of halogens is 4. The molecule has 1 saturated heterocycles. The van der Waals surface area contributed by atoms with E-state index < -0.39 is 40.1 Å². The van der Waals surface area contributed by atoms with Gasteiger partial charge < -0.3 is 4.90 Å². The van der Waals surface area contributed by atoms with Gasteiger partial charge in [-0.2, -0.15) is 17.7 Å². The lowest BCUT2D eigenvalue weighted by atomic mass is 9.93. The van der Waals surface area contributed by atoms with Crippen LogP contribution >= 0.6 is 0 Å². The quantitative estimate of drug-likeness (QED) is 0.416. The summed E-state index contributed by atoms with van der Waals surface area (Å²) in [6.45, 7) is 7.62. The fourth-order valence-electron chi connectivity index (χ4n) is 5.52. The van der Waals surface area contributed by atoms with Crippen molar-refractivity contribution < 1.29 is 22.4 Å². The Kier molecular flexibility index (Phi) is 7.97. The molecule has 2 atom stereocenters. The first-order valence-electron chi connectivity index (χ1n) is 13.0. The predicted molar refractivity (Wildman–Crippen MR) is 139 cm³/mol. The molecule has 2 heterocycles. The first-order chi connectivity index (χ1) is 18.5. The molecule has 0 amide bonds. The van der Waals surface area contributed by atoms with Crippen molar-refractivity contribution in [1.82, 2.24) is 14.0 Å². The fraction of sp³-hybridized carbons (Fsp3) is 0.414. The lowest BCUT2D eigenvalue weighted by Crippen LogP contribution is -2.44. The molecule has 10 heteroatoms. The van der Waals surface area contributed by atoms with E-state index in [9.17, 15) is 31.9 Å². The van der Waals surface area contributed by atoms with Crippen molar-refractivity contribution in [3.8, 4) is 0 Å². The lowest BCUT2D eigenvalue weighted by molar-refractivity contribution is -0.137. The molecule has 1 aliphatic carbocycles. The predicted octanol–water partition coefficient (Wildman–Crippen LogP) is 4.85. The monoisotopic (exact) mass is 545 g/mol. The summed E-state index contributed by atoms with van der Waals surface area (Å²) in [4.78, 5) is 40.5. The summed E-state index contributed by atoms with van der Waals surface area (Å²) in [6.07, 6.45) is -1.88. The average Bonchev–Trinajstić information content (AvgIpc) is 3.48. The summed E-state index contributed by atoms with van der Waals surface area (Å²) in [7, 11) is 0. The highest BCUT2D eigenvalue weighted by atomic mass is 19.4. The second kappa shape index (κ2) is 10.9. The van der Waals surface area contributed by atoms with E-state index >= 15 is 0 Å². The van der Waals surface area contributed by atoms with E-state index in [-0.39, 0.29) is 23.6 Å². The van der Waals surface area contributed by atoms with Crippen LogP contribution < -0.4 is 11.2 Å². The number of fused-ring (bicyclic) bond motifs is 1. The summed E-state index contributed by atoms with van der Waals surface area (Å²) >= 11 is 0. The largest absolute Gasteiger partial charge is 0.416 e. The number of likely N-dealkylation sites (tertiary alicyclic amines) is 1. The Bertz CT molecular complexity index is 1480. The molecule has 1 unspecified atom stereocenters. The van der Waals surface area contributed by atoms with Crippen LogP contribution in [0.2, 0.25) is 0 Å². The Labute approximate surface area is 223 Å². The van der Waals surface area contributed by atoms with Crippen molar-refractivity contribution in [2.75, 3.05) is 19.6 Å². The Morgan fingerprint density at radius 1 is 1.05 bits per heavy atom. The standard InChI is InChI=1S/C27H25F4N3O3.C2H6/c1-17-14-33(25(37)34(23(17)35)24(36)18-6-3-2-4-7-18)11-5-10-32-15-20-13-26(20,16-32)21-9-8-19(12-22(21)28)27(29,30)31;1-2/h2-4,6-9,12,14,20H,5,10-11,13,15-16H2,1H3;1-2H3/t20?,26-;/m0./s1. The van der Waals surface area contributed by atoms with Crippen LogP contribution in [0.5, 0.6) is 0 Å². The van der Waals surface area contributed by atoms with E-state index in [0.29, 0.717) is 42.3 Å². The molecule has 0 spiro atoms. The maximum Gasteiger partial charge on any atom is 0.416 e. The fourth-order valence-corrected chi connectivity index (χ4v) is 5.52. The number of aromatic nitrogens is 2. The van der Waals surface area contributed by atoms with Crippen LogP contribution in [0.1, 0.15) is 53.7 Å². The van der Waals surface area contributed by atoms with Gasteiger partial charge in [0.15, 0.2) is 0 Å². The first kappa shape index (κ1) is 28.5. The third kappa shape index (κ3) is 5.48. The van der Waals surface area contributed by atoms with Crippen molar-refractivity contribution >= 4 is 5.91 Å². The summed E-state index contributed by atoms with van der Waals surface area (Å²) in [5.74, 6) is -1.34. The van der Waals surface area contributed by atoms with Crippen LogP contribution in [0.3, 0.4) is 0 Å². The van der Waals surface area contributed by atoms with Gasteiger partial charge in [0, 0.05) is 42.4 Å². The molecule has 1 aromatic heterocycles. The van der Waals surface area contributed by atoms with Gasteiger partial charge in [0.05, 0.1) is 5.56 Å². The minimum absolute atomic E-state index is 0.175. The number of benzene rings is 2. The molecule has 1 aliphatic heterocycles. The number of hydrogen-bond donors (Lipinski definition) is 0.